The van der Waals surface area contributed by atoms with Gasteiger partial charge in [-0.2, -0.15) is 0 Å². The number of hydrogen-bond donors (Lipinski definition) is 0. The number of hydrogen-bond acceptors (Lipinski definition) is 5. The van der Waals surface area contributed by atoms with Crippen LogP contribution < -0.4 is 10.4 Å². The molecule has 0 aliphatic rings. The zero-order valence-corrected chi connectivity index (χ0v) is 26.6. The van der Waals surface area contributed by atoms with Crippen LogP contribution >= 0.6 is 0 Å². The molecule has 0 aromatic heterocycles. The maximum atomic E-state index is 13.3. The highest BCUT2D eigenvalue weighted by molar-refractivity contribution is 6.99. The summed E-state index contributed by atoms with van der Waals surface area (Å²) >= 11 is 0. The molecule has 0 saturated carbocycles. The summed E-state index contributed by atoms with van der Waals surface area (Å²) in [6.07, 6.45) is 0.372. The fourth-order valence-electron chi connectivity index (χ4n) is 5.02. The van der Waals surface area contributed by atoms with E-state index in [1.807, 2.05) is 42.5 Å². The van der Waals surface area contributed by atoms with E-state index in [-0.39, 0.29) is 11.6 Å². The molecule has 220 valence electrons. The lowest BCUT2D eigenvalue weighted by Crippen LogP contribution is -2.66. The molecule has 0 N–H and O–H groups in total. The summed E-state index contributed by atoms with van der Waals surface area (Å²) in [5, 5.41) is 2.24. The first kappa shape index (κ1) is 32.1. The van der Waals surface area contributed by atoms with E-state index in [4.69, 9.17) is 13.9 Å². The number of rotatable bonds is 11. The van der Waals surface area contributed by atoms with E-state index >= 15 is 0 Å². The van der Waals surface area contributed by atoms with Crippen LogP contribution in [-0.2, 0) is 25.3 Å². The number of esters is 1. The first-order chi connectivity index (χ1) is 19.3. The third kappa shape index (κ3) is 8.54. The van der Waals surface area contributed by atoms with Crippen LogP contribution in [0.1, 0.15) is 59.9 Å². The molecule has 7 heteroatoms. The molecule has 41 heavy (non-hydrogen) atoms. The summed E-state index contributed by atoms with van der Waals surface area (Å²) in [6.45, 7) is 12.7. The molecule has 1 atom stereocenters. The molecule has 0 bridgehead atoms. The Balaban J connectivity index is 1.81. The Morgan fingerprint density at radius 2 is 1.27 bits per heavy atom. The van der Waals surface area contributed by atoms with Crippen LogP contribution in [0, 0.1) is 0 Å². The number of likely N-dealkylation sites (N-methyl/N-ethyl adjacent to an activating group) is 1. The Bertz CT molecular complexity index is 1200. The second-order valence-electron chi connectivity index (χ2n) is 12.4. The van der Waals surface area contributed by atoms with Crippen LogP contribution in [0.15, 0.2) is 91.0 Å². The molecular formula is C34H45NO5Si. The summed E-state index contributed by atoms with van der Waals surface area (Å²) in [4.78, 5) is 27.6. The van der Waals surface area contributed by atoms with Gasteiger partial charge < -0.3 is 13.9 Å². The quantitative estimate of drug-likeness (QED) is 0.152. The van der Waals surface area contributed by atoms with Crippen LogP contribution in [0.3, 0.4) is 0 Å². The summed E-state index contributed by atoms with van der Waals surface area (Å²) < 4.78 is 18.2. The normalized spacial score (nSPS) is 12.9. The molecule has 0 aliphatic carbocycles. The molecular weight excluding hydrogens is 530 g/mol. The van der Waals surface area contributed by atoms with Crippen molar-refractivity contribution < 1.29 is 23.5 Å². The Morgan fingerprint density at radius 3 is 1.73 bits per heavy atom. The maximum Gasteiger partial charge on any atom is 0.410 e. The van der Waals surface area contributed by atoms with E-state index in [2.05, 4.69) is 69.3 Å². The smallest absolute Gasteiger partial charge is 0.410 e. The van der Waals surface area contributed by atoms with Crippen molar-refractivity contribution in [3.63, 3.8) is 0 Å². The lowest BCUT2D eigenvalue weighted by atomic mass is 10.1. The predicted octanol–water partition coefficient (Wildman–Crippen LogP) is 6.32. The van der Waals surface area contributed by atoms with Crippen molar-refractivity contribution in [1.82, 2.24) is 4.90 Å². The molecule has 0 saturated heterocycles. The van der Waals surface area contributed by atoms with Crippen molar-refractivity contribution in [3.05, 3.63) is 96.6 Å². The first-order valence-corrected chi connectivity index (χ1v) is 16.2. The van der Waals surface area contributed by atoms with Gasteiger partial charge in [0, 0.05) is 13.7 Å². The van der Waals surface area contributed by atoms with Gasteiger partial charge in [-0.3, -0.25) is 4.90 Å². The number of amides is 1. The molecule has 0 heterocycles. The van der Waals surface area contributed by atoms with Gasteiger partial charge in [0.1, 0.15) is 18.2 Å². The van der Waals surface area contributed by atoms with Crippen molar-refractivity contribution in [3.8, 4) is 0 Å². The molecule has 3 aromatic rings. The third-order valence-electron chi connectivity index (χ3n) is 7.00. The molecule has 1 unspecified atom stereocenters. The highest BCUT2D eigenvalue weighted by Gasteiger charge is 2.50. The Hall–Kier alpha value is -3.42. The summed E-state index contributed by atoms with van der Waals surface area (Å²) in [5.74, 6) is -0.465. The molecule has 3 rings (SSSR count). The van der Waals surface area contributed by atoms with Crippen LogP contribution in [-0.4, -0.2) is 50.6 Å². The Labute approximate surface area is 246 Å². The maximum absolute atomic E-state index is 13.3. The van der Waals surface area contributed by atoms with Gasteiger partial charge in [-0.15, -0.1) is 0 Å². The number of nitrogens with zero attached hydrogens (tertiary/aromatic N) is 1. The monoisotopic (exact) mass is 575 g/mol. The molecule has 0 spiro atoms. The highest BCUT2D eigenvalue weighted by atomic mass is 28.4. The fraction of sp³-hybridized carbons (Fsp3) is 0.412. The van der Waals surface area contributed by atoms with Crippen molar-refractivity contribution in [1.29, 1.82) is 0 Å². The third-order valence-corrected chi connectivity index (χ3v) is 12.0. The topological polar surface area (TPSA) is 65.1 Å². The van der Waals surface area contributed by atoms with Crippen LogP contribution in [0.4, 0.5) is 4.79 Å². The largest absolute Gasteiger partial charge is 0.459 e. The standard InChI is InChI=1S/C34H45NO5Si/c1-33(2,3)40-32(37)35(7)30(31(36)38-26-27-18-11-8-12-19-27)24-17-25-39-41(34(4,5)6,28-20-13-9-14-21-28)29-22-15-10-16-23-29/h8-16,18-23,30H,17,24-26H2,1-7H3. The molecule has 6 nitrogen and oxygen atoms in total. The summed E-state index contributed by atoms with van der Waals surface area (Å²) in [5.41, 5.74) is 0.200. The van der Waals surface area contributed by atoms with Crippen molar-refractivity contribution in [2.75, 3.05) is 13.7 Å². The van der Waals surface area contributed by atoms with Crippen LogP contribution in [0.25, 0.3) is 0 Å². The molecule has 1 amide bonds. The Kier molecular flexibility index (Phi) is 10.9. The lowest BCUT2D eigenvalue weighted by Gasteiger charge is -2.43. The van der Waals surface area contributed by atoms with E-state index < -0.39 is 32.0 Å². The minimum Gasteiger partial charge on any atom is -0.459 e. The van der Waals surface area contributed by atoms with Gasteiger partial charge in [-0.05, 0) is 54.6 Å². The number of carbonyl (C=O) groups is 2. The SMILES string of the molecule is CN(C(=O)OC(C)(C)C)C(CCCO[Si](c1ccccc1)(c1ccccc1)C(C)(C)C)C(=O)OCc1ccccc1. The summed E-state index contributed by atoms with van der Waals surface area (Å²) in [6, 6.07) is 29.6. The van der Waals surface area contributed by atoms with Gasteiger partial charge in [-0.1, -0.05) is 112 Å². The van der Waals surface area contributed by atoms with E-state index in [9.17, 15) is 9.59 Å². The molecule has 0 aliphatic heterocycles. The van der Waals surface area contributed by atoms with E-state index in [0.29, 0.717) is 19.4 Å². The average Bonchev–Trinajstić information content (AvgIpc) is 2.93. The van der Waals surface area contributed by atoms with Gasteiger partial charge in [0.05, 0.1) is 0 Å². The van der Waals surface area contributed by atoms with Crippen molar-refractivity contribution in [2.45, 2.75) is 77.7 Å². The zero-order valence-electron chi connectivity index (χ0n) is 25.6. The van der Waals surface area contributed by atoms with E-state index in [0.717, 1.165) is 5.56 Å². The second kappa shape index (κ2) is 14.0. The van der Waals surface area contributed by atoms with Gasteiger partial charge in [0.25, 0.3) is 8.32 Å². The molecule has 3 aromatic carbocycles. The minimum atomic E-state index is -2.71. The summed E-state index contributed by atoms with van der Waals surface area (Å²) in [7, 11) is -1.12. The lowest BCUT2D eigenvalue weighted by molar-refractivity contribution is -0.151. The van der Waals surface area contributed by atoms with Gasteiger partial charge in [0.15, 0.2) is 0 Å². The number of ether oxygens (including phenoxy) is 2. The zero-order chi connectivity index (χ0) is 30.1. The Morgan fingerprint density at radius 1 is 0.780 bits per heavy atom. The minimum absolute atomic E-state index is 0.136. The fourth-order valence-corrected chi connectivity index (χ4v) is 9.63. The average molecular weight is 576 g/mol. The second-order valence-corrected chi connectivity index (χ2v) is 16.7. The van der Waals surface area contributed by atoms with Crippen molar-refractivity contribution >= 4 is 30.8 Å². The van der Waals surface area contributed by atoms with Crippen molar-refractivity contribution in [2.24, 2.45) is 0 Å². The predicted molar refractivity (Wildman–Crippen MR) is 167 cm³/mol. The van der Waals surface area contributed by atoms with Gasteiger partial charge in [-0.25, -0.2) is 9.59 Å². The van der Waals surface area contributed by atoms with Crippen LogP contribution in [0.5, 0.6) is 0 Å². The number of carbonyl (C=O) groups excluding carboxylic acids is 2. The number of benzene rings is 3. The van der Waals surface area contributed by atoms with E-state index in [1.165, 1.54) is 15.3 Å². The van der Waals surface area contributed by atoms with Crippen LogP contribution in [0.2, 0.25) is 5.04 Å². The first-order valence-electron chi connectivity index (χ1n) is 14.3. The van der Waals surface area contributed by atoms with Gasteiger partial charge in [0.2, 0.25) is 0 Å². The van der Waals surface area contributed by atoms with E-state index in [1.54, 1.807) is 27.8 Å². The van der Waals surface area contributed by atoms with Gasteiger partial charge >= 0.3 is 12.1 Å². The highest BCUT2D eigenvalue weighted by Crippen LogP contribution is 2.37. The molecule has 0 radical (unpaired) electrons. The molecule has 0 fully saturated rings.